The first-order chi connectivity index (χ1) is 15.2. The Balaban J connectivity index is 1.28. The van der Waals surface area contributed by atoms with Crippen molar-refractivity contribution in [3.8, 4) is 5.75 Å². The molecule has 5 aliphatic rings. The standard InChI is InChI=1S/C27H38O5/c1-24-16-31-23(17-3-6-20(29)7-4-17)32-22(24)9-10-25(2)21(24)8-5-18-13-19-14-26(18,25)11-12-27(19,30)15-28/h3-4,6-7,18-19,21-23,28-30H,5,8-16H2,1-2H3/t18-,19-,21-,22+,23-,24-,25-,26-,27-/m0/s1. The number of ether oxygens (including phenoxy) is 2. The van der Waals surface area contributed by atoms with Crippen LogP contribution in [0.15, 0.2) is 24.3 Å². The SMILES string of the molecule is C[C@@]12CO[C@H](c3ccc(O)cc3)O[C@@H]1CC[C@@]1(C)[C@H]2CC[C@H]2C[C@H]3C[C@@]21CC[C@]3(O)CO. The van der Waals surface area contributed by atoms with Crippen molar-refractivity contribution in [2.45, 2.75) is 83.2 Å². The molecule has 176 valence electrons. The van der Waals surface area contributed by atoms with E-state index >= 15 is 0 Å². The van der Waals surface area contributed by atoms with Crippen LogP contribution in [-0.4, -0.2) is 40.2 Å². The van der Waals surface area contributed by atoms with E-state index in [0.717, 1.165) is 37.7 Å². The fourth-order valence-electron chi connectivity index (χ4n) is 9.37. The highest BCUT2D eigenvalue weighted by molar-refractivity contribution is 5.27. The van der Waals surface area contributed by atoms with Gasteiger partial charge in [0.25, 0.3) is 0 Å². The highest BCUT2D eigenvalue weighted by Gasteiger charge is 2.71. The number of rotatable bonds is 2. The predicted octanol–water partition coefficient (Wildman–Crippen LogP) is 4.55. The van der Waals surface area contributed by atoms with Crippen LogP contribution in [0.2, 0.25) is 0 Å². The zero-order valence-electron chi connectivity index (χ0n) is 19.4. The van der Waals surface area contributed by atoms with E-state index in [1.54, 1.807) is 12.1 Å². The second kappa shape index (κ2) is 6.94. The highest BCUT2D eigenvalue weighted by atomic mass is 16.7. The molecule has 1 aromatic rings. The van der Waals surface area contributed by atoms with Crippen molar-refractivity contribution >= 4 is 0 Å². The van der Waals surface area contributed by atoms with Crippen LogP contribution >= 0.6 is 0 Å². The fraction of sp³-hybridized carbons (Fsp3) is 0.778. The van der Waals surface area contributed by atoms with Crippen LogP contribution in [0.3, 0.4) is 0 Å². The van der Waals surface area contributed by atoms with Crippen molar-refractivity contribution in [3.63, 3.8) is 0 Å². The Morgan fingerprint density at radius 2 is 1.78 bits per heavy atom. The smallest absolute Gasteiger partial charge is 0.184 e. The molecule has 0 radical (unpaired) electrons. The average Bonchev–Trinajstić information content (AvgIpc) is 3.14. The number of aliphatic hydroxyl groups is 2. The molecule has 0 unspecified atom stereocenters. The van der Waals surface area contributed by atoms with Crippen LogP contribution in [-0.2, 0) is 9.47 Å². The zero-order valence-corrected chi connectivity index (χ0v) is 19.4. The van der Waals surface area contributed by atoms with Crippen LogP contribution in [0.5, 0.6) is 5.75 Å². The lowest BCUT2D eigenvalue weighted by Gasteiger charge is -2.68. The van der Waals surface area contributed by atoms with Gasteiger partial charge in [0.1, 0.15) is 5.75 Å². The number of fused-ring (bicyclic) bond motifs is 4. The normalized spacial score (nSPS) is 52.1. The molecule has 4 saturated carbocycles. The Morgan fingerprint density at radius 1 is 1.00 bits per heavy atom. The van der Waals surface area contributed by atoms with Crippen LogP contribution in [0.1, 0.15) is 77.1 Å². The lowest BCUT2D eigenvalue weighted by Crippen LogP contribution is -2.64. The van der Waals surface area contributed by atoms with E-state index in [1.807, 2.05) is 12.1 Å². The lowest BCUT2D eigenvalue weighted by atomic mass is 9.39. The number of hydrogen-bond donors (Lipinski definition) is 3. The van der Waals surface area contributed by atoms with Gasteiger partial charge in [-0.3, -0.25) is 0 Å². The van der Waals surface area contributed by atoms with E-state index in [0.29, 0.717) is 18.4 Å². The summed E-state index contributed by atoms with van der Waals surface area (Å²) in [5.41, 5.74) is 0.594. The van der Waals surface area contributed by atoms with Gasteiger partial charge in [-0.2, -0.15) is 0 Å². The first kappa shape index (κ1) is 21.4. The molecule has 1 aromatic carbocycles. The van der Waals surface area contributed by atoms with Crippen molar-refractivity contribution in [3.05, 3.63) is 29.8 Å². The lowest BCUT2D eigenvalue weighted by molar-refractivity contribution is -0.320. The van der Waals surface area contributed by atoms with E-state index in [9.17, 15) is 15.3 Å². The molecule has 32 heavy (non-hydrogen) atoms. The van der Waals surface area contributed by atoms with Gasteiger partial charge < -0.3 is 24.8 Å². The molecule has 0 aromatic heterocycles. The number of phenolic OH excluding ortho intramolecular Hbond substituents is 1. The van der Waals surface area contributed by atoms with Gasteiger partial charge in [-0.1, -0.05) is 26.0 Å². The number of benzene rings is 1. The molecule has 4 aliphatic carbocycles. The number of phenols is 1. The summed E-state index contributed by atoms with van der Waals surface area (Å²) in [5.74, 6) is 1.72. The molecule has 1 saturated heterocycles. The number of hydrogen-bond acceptors (Lipinski definition) is 5. The minimum atomic E-state index is -0.871. The summed E-state index contributed by atoms with van der Waals surface area (Å²) in [6.45, 7) is 5.54. The van der Waals surface area contributed by atoms with Crippen LogP contribution in [0, 0.1) is 34.0 Å². The van der Waals surface area contributed by atoms with Gasteiger partial charge >= 0.3 is 0 Å². The van der Waals surface area contributed by atoms with Gasteiger partial charge in [-0.05, 0) is 92.1 Å². The molecular weight excluding hydrogens is 404 g/mol. The molecule has 0 amide bonds. The monoisotopic (exact) mass is 442 g/mol. The Bertz CT molecular complexity index is 887. The quantitative estimate of drug-likeness (QED) is 0.626. The summed E-state index contributed by atoms with van der Waals surface area (Å²) in [5, 5.41) is 30.6. The molecule has 6 rings (SSSR count). The average molecular weight is 443 g/mol. The van der Waals surface area contributed by atoms with E-state index in [-0.39, 0.29) is 46.9 Å². The summed E-state index contributed by atoms with van der Waals surface area (Å²) in [4.78, 5) is 0. The Morgan fingerprint density at radius 3 is 2.53 bits per heavy atom. The molecule has 5 fully saturated rings. The topological polar surface area (TPSA) is 79.2 Å². The summed E-state index contributed by atoms with van der Waals surface area (Å²) < 4.78 is 13.0. The van der Waals surface area contributed by atoms with Crippen molar-refractivity contribution < 1.29 is 24.8 Å². The Kier molecular flexibility index (Phi) is 4.64. The summed E-state index contributed by atoms with van der Waals surface area (Å²) in [7, 11) is 0. The molecule has 1 spiro atoms. The molecular formula is C27H38O5. The predicted molar refractivity (Wildman–Crippen MR) is 120 cm³/mol. The third kappa shape index (κ3) is 2.65. The van der Waals surface area contributed by atoms with Crippen molar-refractivity contribution in [1.82, 2.24) is 0 Å². The first-order valence-corrected chi connectivity index (χ1v) is 12.6. The molecule has 5 nitrogen and oxygen atoms in total. The van der Waals surface area contributed by atoms with Crippen LogP contribution in [0.4, 0.5) is 0 Å². The van der Waals surface area contributed by atoms with Gasteiger partial charge in [0.05, 0.1) is 24.9 Å². The minimum absolute atomic E-state index is 0.0110. The van der Waals surface area contributed by atoms with E-state index < -0.39 is 5.60 Å². The fourth-order valence-corrected chi connectivity index (χ4v) is 9.37. The molecule has 1 aliphatic heterocycles. The van der Waals surface area contributed by atoms with Crippen molar-refractivity contribution in [2.24, 2.45) is 34.0 Å². The Labute approximate surface area is 191 Å². The van der Waals surface area contributed by atoms with Gasteiger partial charge in [0.15, 0.2) is 6.29 Å². The number of aliphatic hydroxyl groups excluding tert-OH is 1. The largest absolute Gasteiger partial charge is 0.508 e. The van der Waals surface area contributed by atoms with Gasteiger partial charge in [0, 0.05) is 11.0 Å². The first-order valence-electron chi connectivity index (χ1n) is 12.6. The maximum Gasteiger partial charge on any atom is 0.184 e. The zero-order chi connectivity index (χ0) is 22.4. The van der Waals surface area contributed by atoms with Crippen molar-refractivity contribution in [2.75, 3.05) is 13.2 Å². The second-order valence-corrected chi connectivity index (χ2v) is 12.2. The maximum atomic E-state index is 11.1. The van der Waals surface area contributed by atoms with E-state index in [2.05, 4.69) is 13.8 Å². The molecule has 5 heteroatoms. The van der Waals surface area contributed by atoms with E-state index in [4.69, 9.17) is 9.47 Å². The number of aromatic hydroxyl groups is 1. The van der Waals surface area contributed by atoms with Crippen molar-refractivity contribution in [1.29, 1.82) is 0 Å². The van der Waals surface area contributed by atoms with Gasteiger partial charge in [-0.15, -0.1) is 0 Å². The molecule has 2 bridgehead atoms. The van der Waals surface area contributed by atoms with E-state index in [1.165, 1.54) is 19.3 Å². The molecule has 9 atom stereocenters. The van der Waals surface area contributed by atoms with Crippen LogP contribution < -0.4 is 0 Å². The Hall–Kier alpha value is -1.14. The molecule has 1 heterocycles. The summed E-state index contributed by atoms with van der Waals surface area (Å²) in [6, 6.07) is 7.17. The molecule has 3 N–H and O–H groups in total. The van der Waals surface area contributed by atoms with Crippen LogP contribution in [0.25, 0.3) is 0 Å². The second-order valence-electron chi connectivity index (χ2n) is 12.2. The highest BCUT2D eigenvalue weighted by Crippen LogP contribution is 2.75. The summed E-state index contributed by atoms with van der Waals surface area (Å²) in [6.07, 6.45) is 8.38. The van der Waals surface area contributed by atoms with Gasteiger partial charge in [0.2, 0.25) is 0 Å². The summed E-state index contributed by atoms with van der Waals surface area (Å²) >= 11 is 0. The van der Waals surface area contributed by atoms with Gasteiger partial charge in [-0.25, -0.2) is 0 Å². The third-order valence-corrected chi connectivity index (χ3v) is 11.2. The third-order valence-electron chi connectivity index (χ3n) is 11.2. The maximum absolute atomic E-state index is 11.1. The minimum Gasteiger partial charge on any atom is -0.508 e.